The van der Waals surface area contributed by atoms with Crippen molar-refractivity contribution in [1.29, 1.82) is 0 Å². The SMILES string of the molecule is COc1cccc(NC(=O)c2cc3cc(OC)ccc3o/c2=N\O)c1. The number of fused-ring (bicyclic) bond motifs is 1. The van der Waals surface area contributed by atoms with Crippen LogP contribution in [0.3, 0.4) is 0 Å². The molecular weight excluding hydrogens is 324 g/mol. The number of methoxy groups -OCH3 is 2. The number of amides is 1. The van der Waals surface area contributed by atoms with E-state index in [9.17, 15) is 10.0 Å². The highest BCUT2D eigenvalue weighted by Crippen LogP contribution is 2.21. The Morgan fingerprint density at radius 3 is 2.56 bits per heavy atom. The van der Waals surface area contributed by atoms with E-state index in [-0.39, 0.29) is 11.1 Å². The summed E-state index contributed by atoms with van der Waals surface area (Å²) in [6.07, 6.45) is 0. The first-order chi connectivity index (χ1) is 12.1. The molecule has 1 heterocycles. The first-order valence-electron chi connectivity index (χ1n) is 7.40. The van der Waals surface area contributed by atoms with Gasteiger partial charge in [-0.3, -0.25) is 4.79 Å². The first-order valence-corrected chi connectivity index (χ1v) is 7.40. The minimum atomic E-state index is -0.477. The standard InChI is InChI=1S/C18H16N2O5/c1-23-13-5-3-4-12(10-13)19-17(21)15-9-11-8-14(24-2)6-7-16(11)25-18(15)20-22/h3-10,22H,1-2H3,(H,19,21)/b20-18-. The fourth-order valence-corrected chi connectivity index (χ4v) is 2.37. The van der Waals surface area contributed by atoms with E-state index in [0.29, 0.717) is 28.2 Å². The number of nitrogens with one attached hydrogen (secondary N) is 1. The highest BCUT2D eigenvalue weighted by Gasteiger charge is 2.14. The predicted molar refractivity (Wildman–Crippen MR) is 91.1 cm³/mol. The Morgan fingerprint density at radius 1 is 1.08 bits per heavy atom. The zero-order valence-electron chi connectivity index (χ0n) is 13.6. The molecule has 25 heavy (non-hydrogen) atoms. The zero-order chi connectivity index (χ0) is 17.8. The number of hydrogen-bond donors (Lipinski definition) is 2. The zero-order valence-corrected chi connectivity index (χ0v) is 13.6. The number of nitrogens with zero attached hydrogens (tertiary/aromatic N) is 1. The monoisotopic (exact) mass is 340 g/mol. The van der Waals surface area contributed by atoms with Crippen LogP contribution in [0.25, 0.3) is 11.0 Å². The predicted octanol–water partition coefficient (Wildman–Crippen LogP) is 2.99. The number of carbonyl (C=O) groups is 1. The van der Waals surface area contributed by atoms with E-state index >= 15 is 0 Å². The summed E-state index contributed by atoms with van der Waals surface area (Å²) in [6, 6.07) is 13.6. The molecule has 1 amide bonds. The van der Waals surface area contributed by atoms with E-state index in [0.717, 1.165) is 0 Å². The number of carbonyl (C=O) groups excluding carboxylic acids is 1. The maximum absolute atomic E-state index is 12.6. The number of benzene rings is 2. The van der Waals surface area contributed by atoms with E-state index in [1.54, 1.807) is 62.8 Å². The lowest BCUT2D eigenvalue weighted by atomic mass is 10.1. The van der Waals surface area contributed by atoms with Crippen molar-refractivity contribution in [2.75, 3.05) is 19.5 Å². The van der Waals surface area contributed by atoms with Gasteiger partial charge < -0.3 is 24.4 Å². The Balaban J connectivity index is 2.02. The lowest BCUT2D eigenvalue weighted by molar-refractivity contribution is 0.102. The van der Waals surface area contributed by atoms with Crippen molar-refractivity contribution in [2.45, 2.75) is 0 Å². The Morgan fingerprint density at radius 2 is 1.84 bits per heavy atom. The lowest BCUT2D eigenvalue weighted by Gasteiger charge is -2.08. The normalized spacial score (nSPS) is 11.4. The largest absolute Gasteiger partial charge is 0.497 e. The molecule has 0 radical (unpaired) electrons. The van der Waals surface area contributed by atoms with Crippen LogP contribution < -0.4 is 20.3 Å². The van der Waals surface area contributed by atoms with Gasteiger partial charge in [0, 0.05) is 17.1 Å². The van der Waals surface area contributed by atoms with Gasteiger partial charge in [-0.05, 0) is 41.6 Å². The molecule has 2 N–H and O–H groups in total. The van der Waals surface area contributed by atoms with Crippen LogP contribution in [0.1, 0.15) is 10.4 Å². The molecule has 0 aliphatic carbocycles. The van der Waals surface area contributed by atoms with Gasteiger partial charge in [0.2, 0.25) is 0 Å². The first kappa shape index (κ1) is 16.4. The van der Waals surface area contributed by atoms with Crippen molar-refractivity contribution in [3.05, 3.63) is 59.6 Å². The quantitative estimate of drug-likeness (QED) is 0.562. The van der Waals surface area contributed by atoms with Gasteiger partial charge >= 0.3 is 0 Å². The molecule has 3 rings (SSSR count). The molecule has 7 heteroatoms. The number of ether oxygens (including phenoxy) is 2. The van der Waals surface area contributed by atoms with Gasteiger partial charge in [-0.15, -0.1) is 0 Å². The third-order valence-electron chi connectivity index (χ3n) is 3.62. The van der Waals surface area contributed by atoms with Gasteiger partial charge in [-0.25, -0.2) is 0 Å². The fraction of sp³-hybridized carbons (Fsp3) is 0.111. The van der Waals surface area contributed by atoms with Crippen molar-refractivity contribution >= 4 is 22.6 Å². The molecule has 3 aromatic rings. The van der Waals surface area contributed by atoms with Crippen LogP contribution in [0.4, 0.5) is 5.69 Å². The summed E-state index contributed by atoms with van der Waals surface area (Å²) in [5.41, 5.74) is 0.912. The number of rotatable bonds is 4. The van der Waals surface area contributed by atoms with Crippen LogP contribution in [0.2, 0.25) is 0 Å². The molecule has 0 unspecified atom stereocenters. The number of hydrogen-bond acceptors (Lipinski definition) is 6. The highest BCUT2D eigenvalue weighted by molar-refractivity contribution is 6.05. The van der Waals surface area contributed by atoms with E-state index < -0.39 is 5.91 Å². The summed E-state index contributed by atoms with van der Waals surface area (Å²) in [5, 5.41) is 15.6. The summed E-state index contributed by atoms with van der Waals surface area (Å²) < 4.78 is 15.8. The van der Waals surface area contributed by atoms with Gasteiger partial charge in [0.1, 0.15) is 22.6 Å². The second-order valence-electron chi connectivity index (χ2n) is 5.16. The molecule has 2 aromatic carbocycles. The molecule has 0 saturated heterocycles. The molecule has 7 nitrogen and oxygen atoms in total. The van der Waals surface area contributed by atoms with Crippen molar-refractivity contribution in [2.24, 2.45) is 5.16 Å². The van der Waals surface area contributed by atoms with Crippen molar-refractivity contribution in [3.8, 4) is 11.5 Å². The average molecular weight is 340 g/mol. The smallest absolute Gasteiger partial charge is 0.268 e. The molecule has 0 fully saturated rings. The molecule has 1 aromatic heterocycles. The molecule has 0 saturated carbocycles. The Labute approximate surface area is 143 Å². The van der Waals surface area contributed by atoms with Gasteiger partial charge in [-0.1, -0.05) is 6.07 Å². The van der Waals surface area contributed by atoms with Crippen LogP contribution in [-0.2, 0) is 0 Å². The highest BCUT2D eigenvalue weighted by atomic mass is 16.5. The average Bonchev–Trinajstić information content (AvgIpc) is 2.66. The molecule has 0 spiro atoms. The van der Waals surface area contributed by atoms with Crippen LogP contribution in [0.15, 0.2) is 58.1 Å². The second-order valence-corrected chi connectivity index (χ2v) is 5.16. The van der Waals surface area contributed by atoms with Crippen LogP contribution in [0.5, 0.6) is 11.5 Å². The number of anilines is 1. The Hall–Kier alpha value is -3.48. The van der Waals surface area contributed by atoms with E-state index in [2.05, 4.69) is 10.5 Å². The molecule has 0 bridgehead atoms. The molecular formula is C18H16N2O5. The molecule has 0 aliphatic rings. The third-order valence-corrected chi connectivity index (χ3v) is 3.62. The van der Waals surface area contributed by atoms with Crippen LogP contribution in [-0.4, -0.2) is 25.3 Å². The van der Waals surface area contributed by atoms with E-state index in [1.807, 2.05) is 0 Å². The maximum Gasteiger partial charge on any atom is 0.268 e. The molecule has 0 atom stereocenters. The molecule has 128 valence electrons. The maximum atomic E-state index is 12.6. The summed E-state index contributed by atoms with van der Waals surface area (Å²) in [5.74, 6) is 0.753. The Kier molecular flexibility index (Phi) is 4.56. The Bertz CT molecular complexity index is 994. The van der Waals surface area contributed by atoms with Crippen molar-refractivity contribution in [3.63, 3.8) is 0 Å². The van der Waals surface area contributed by atoms with Crippen LogP contribution >= 0.6 is 0 Å². The fourth-order valence-electron chi connectivity index (χ4n) is 2.37. The van der Waals surface area contributed by atoms with E-state index in [4.69, 9.17) is 13.9 Å². The van der Waals surface area contributed by atoms with Gasteiger partial charge in [0.25, 0.3) is 11.5 Å². The van der Waals surface area contributed by atoms with Crippen molar-refractivity contribution < 1.29 is 23.9 Å². The summed E-state index contributed by atoms with van der Waals surface area (Å²) in [6.45, 7) is 0. The summed E-state index contributed by atoms with van der Waals surface area (Å²) >= 11 is 0. The second kappa shape index (κ2) is 6.96. The third kappa shape index (κ3) is 3.40. The lowest BCUT2D eigenvalue weighted by Crippen LogP contribution is -2.21. The minimum Gasteiger partial charge on any atom is -0.497 e. The summed E-state index contributed by atoms with van der Waals surface area (Å²) in [4.78, 5) is 12.6. The topological polar surface area (TPSA) is 93.3 Å². The molecule has 0 aliphatic heterocycles. The summed E-state index contributed by atoms with van der Waals surface area (Å²) in [7, 11) is 3.09. The van der Waals surface area contributed by atoms with E-state index in [1.165, 1.54) is 0 Å². The van der Waals surface area contributed by atoms with Crippen LogP contribution in [0, 0.1) is 0 Å². The van der Waals surface area contributed by atoms with Gasteiger partial charge in [-0.2, -0.15) is 0 Å². The minimum absolute atomic E-state index is 0.0890. The van der Waals surface area contributed by atoms with Gasteiger partial charge in [0.15, 0.2) is 0 Å². The van der Waals surface area contributed by atoms with Gasteiger partial charge in [0.05, 0.1) is 14.2 Å². The van der Waals surface area contributed by atoms with Crippen molar-refractivity contribution in [1.82, 2.24) is 0 Å².